The van der Waals surface area contributed by atoms with Crippen molar-refractivity contribution in [3.8, 4) is 0 Å². The summed E-state index contributed by atoms with van der Waals surface area (Å²) in [4.78, 5) is 3.73. The molecule has 1 fully saturated rings. The number of pyridine rings is 1. The van der Waals surface area contributed by atoms with Crippen LogP contribution in [0.4, 0.5) is 5.69 Å². The van der Waals surface area contributed by atoms with Gasteiger partial charge in [0.05, 0.1) is 17.2 Å². The van der Waals surface area contributed by atoms with Crippen LogP contribution in [0.5, 0.6) is 0 Å². The first-order chi connectivity index (χ1) is 8.64. The van der Waals surface area contributed by atoms with Crippen molar-refractivity contribution in [1.82, 2.24) is 9.71 Å². The fourth-order valence-corrected chi connectivity index (χ4v) is 5.77. The Kier molecular flexibility index (Phi) is 3.31. The molecule has 0 aliphatic carbocycles. The smallest absolute Gasteiger partial charge is 0.260 e. The van der Waals surface area contributed by atoms with Crippen molar-refractivity contribution in [1.29, 1.82) is 0 Å². The van der Waals surface area contributed by atoms with Gasteiger partial charge in [-0.15, -0.1) is 0 Å². The van der Waals surface area contributed by atoms with E-state index >= 15 is 0 Å². The van der Waals surface area contributed by atoms with Crippen molar-refractivity contribution in [2.24, 2.45) is 0 Å². The Morgan fingerprint density at radius 2 is 2.16 bits per heavy atom. The molecule has 0 bridgehead atoms. The minimum absolute atomic E-state index is 0.0241. The molecule has 106 valence electrons. The number of hydrogen-bond donors (Lipinski definition) is 2. The highest BCUT2D eigenvalue weighted by Gasteiger charge is 2.42. The average molecular weight is 305 g/mol. The molecule has 1 aliphatic heterocycles. The van der Waals surface area contributed by atoms with Crippen molar-refractivity contribution in [3.63, 3.8) is 0 Å². The fourth-order valence-electron chi connectivity index (χ4n) is 2.09. The standard InChI is InChI=1S/C10H15N3O4S2/c1-10(4-6-18(14,15)7-10)13-19(16,17)9-8(11)3-2-5-12-9/h2-3,5,13H,4,6-7,11H2,1H3. The summed E-state index contributed by atoms with van der Waals surface area (Å²) in [5, 5.41) is -0.277. The molecule has 0 aromatic carbocycles. The van der Waals surface area contributed by atoms with E-state index in [4.69, 9.17) is 5.73 Å². The minimum atomic E-state index is -3.93. The highest BCUT2D eigenvalue weighted by atomic mass is 32.2. The van der Waals surface area contributed by atoms with E-state index in [0.717, 1.165) is 0 Å². The highest BCUT2D eigenvalue weighted by Crippen LogP contribution is 2.26. The molecule has 1 atom stereocenters. The van der Waals surface area contributed by atoms with Crippen LogP contribution >= 0.6 is 0 Å². The van der Waals surface area contributed by atoms with Gasteiger partial charge < -0.3 is 5.73 Å². The molecule has 1 saturated heterocycles. The predicted octanol–water partition coefficient (Wildman–Crippen LogP) is -0.481. The molecule has 1 aliphatic rings. The summed E-state index contributed by atoms with van der Waals surface area (Å²) in [6, 6.07) is 2.95. The predicted molar refractivity (Wildman–Crippen MR) is 70.6 cm³/mol. The lowest BCUT2D eigenvalue weighted by Crippen LogP contribution is -2.47. The number of nitrogens with two attached hydrogens (primary N) is 1. The lowest BCUT2D eigenvalue weighted by molar-refractivity contribution is 0.460. The second-order valence-electron chi connectivity index (χ2n) is 4.91. The van der Waals surface area contributed by atoms with Gasteiger partial charge in [-0.3, -0.25) is 0 Å². The van der Waals surface area contributed by atoms with Gasteiger partial charge in [-0.25, -0.2) is 26.5 Å². The summed E-state index contributed by atoms with van der Waals surface area (Å²) in [7, 11) is -7.13. The fraction of sp³-hybridized carbons (Fsp3) is 0.500. The number of sulfonamides is 1. The van der Waals surface area contributed by atoms with Crippen LogP contribution in [0.3, 0.4) is 0 Å². The maximum absolute atomic E-state index is 12.2. The van der Waals surface area contributed by atoms with Crippen LogP contribution in [0.2, 0.25) is 0 Å². The maximum Gasteiger partial charge on any atom is 0.260 e. The Morgan fingerprint density at radius 3 is 2.68 bits per heavy atom. The minimum Gasteiger partial charge on any atom is -0.396 e. The number of hydrogen-bond acceptors (Lipinski definition) is 6. The first-order valence-corrected chi connectivity index (χ1v) is 8.89. The van der Waals surface area contributed by atoms with E-state index in [2.05, 4.69) is 9.71 Å². The zero-order chi connectivity index (χ0) is 14.3. The van der Waals surface area contributed by atoms with Gasteiger partial charge in [-0.1, -0.05) is 0 Å². The largest absolute Gasteiger partial charge is 0.396 e. The number of rotatable bonds is 3. The Labute approximate surface area is 112 Å². The lowest BCUT2D eigenvalue weighted by atomic mass is 10.0. The molecule has 2 rings (SSSR count). The van der Waals surface area contributed by atoms with Crippen molar-refractivity contribution >= 4 is 25.5 Å². The number of anilines is 1. The molecule has 1 aromatic rings. The maximum atomic E-state index is 12.2. The van der Waals surface area contributed by atoms with Crippen molar-refractivity contribution < 1.29 is 16.8 Å². The van der Waals surface area contributed by atoms with Crippen LogP contribution in [0.25, 0.3) is 0 Å². The normalized spacial score (nSPS) is 26.4. The van der Waals surface area contributed by atoms with Gasteiger partial charge in [-0.2, -0.15) is 0 Å². The van der Waals surface area contributed by atoms with E-state index in [-0.39, 0.29) is 28.6 Å². The van der Waals surface area contributed by atoms with Crippen LogP contribution < -0.4 is 10.5 Å². The van der Waals surface area contributed by atoms with Gasteiger partial charge in [0, 0.05) is 11.7 Å². The zero-order valence-electron chi connectivity index (χ0n) is 10.3. The molecule has 0 saturated carbocycles. The molecule has 3 N–H and O–H groups in total. The van der Waals surface area contributed by atoms with Gasteiger partial charge >= 0.3 is 0 Å². The summed E-state index contributed by atoms with van der Waals surface area (Å²) in [6.07, 6.45) is 1.56. The SMILES string of the molecule is CC1(NS(=O)(=O)c2ncccc2N)CCS(=O)(=O)C1. The Morgan fingerprint density at radius 1 is 1.47 bits per heavy atom. The van der Waals surface area contributed by atoms with Gasteiger partial charge in [-0.05, 0) is 25.5 Å². The Hall–Kier alpha value is -1.19. The topological polar surface area (TPSA) is 119 Å². The van der Waals surface area contributed by atoms with Crippen LogP contribution in [0, 0.1) is 0 Å². The first-order valence-electron chi connectivity index (χ1n) is 5.59. The lowest BCUT2D eigenvalue weighted by Gasteiger charge is -2.23. The van der Waals surface area contributed by atoms with E-state index in [1.54, 1.807) is 6.92 Å². The summed E-state index contributed by atoms with van der Waals surface area (Å²) < 4.78 is 49.7. The zero-order valence-corrected chi connectivity index (χ0v) is 12.0. The second kappa shape index (κ2) is 4.43. The van der Waals surface area contributed by atoms with Crippen molar-refractivity contribution in [2.45, 2.75) is 23.9 Å². The van der Waals surface area contributed by atoms with Crippen molar-refractivity contribution in [3.05, 3.63) is 18.3 Å². The molecule has 1 aromatic heterocycles. The summed E-state index contributed by atoms with van der Waals surface area (Å²) >= 11 is 0. The third-order valence-electron chi connectivity index (χ3n) is 2.94. The van der Waals surface area contributed by atoms with Gasteiger partial charge in [0.2, 0.25) is 0 Å². The number of aromatic nitrogens is 1. The van der Waals surface area contributed by atoms with Gasteiger partial charge in [0.15, 0.2) is 14.9 Å². The molecule has 0 spiro atoms. The molecule has 19 heavy (non-hydrogen) atoms. The van der Waals surface area contributed by atoms with E-state index in [0.29, 0.717) is 0 Å². The Balaban J connectivity index is 2.31. The number of nitrogen functional groups attached to an aromatic ring is 1. The Bertz CT molecular complexity index is 699. The van der Waals surface area contributed by atoms with E-state index in [1.165, 1.54) is 18.3 Å². The van der Waals surface area contributed by atoms with E-state index in [1.807, 2.05) is 0 Å². The highest BCUT2D eigenvalue weighted by molar-refractivity contribution is 7.92. The van der Waals surface area contributed by atoms with Gasteiger partial charge in [0.25, 0.3) is 10.0 Å². The van der Waals surface area contributed by atoms with E-state index in [9.17, 15) is 16.8 Å². The third-order valence-corrected chi connectivity index (χ3v) is 6.45. The monoisotopic (exact) mass is 305 g/mol. The molecule has 0 amide bonds. The van der Waals surface area contributed by atoms with Crippen LogP contribution in [0.15, 0.2) is 23.4 Å². The number of nitrogens with one attached hydrogen (secondary N) is 1. The van der Waals surface area contributed by atoms with E-state index < -0.39 is 25.4 Å². The summed E-state index contributed by atoms with van der Waals surface area (Å²) in [6.45, 7) is 1.56. The summed E-state index contributed by atoms with van der Waals surface area (Å²) in [5.74, 6) is -0.240. The molecule has 2 heterocycles. The number of nitrogens with zero attached hydrogens (tertiary/aromatic N) is 1. The van der Waals surface area contributed by atoms with Crippen molar-refractivity contribution in [2.75, 3.05) is 17.2 Å². The van der Waals surface area contributed by atoms with Crippen LogP contribution in [-0.4, -0.2) is 38.9 Å². The number of sulfone groups is 1. The first kappa shape index (κ1) is 14.2. The molecular weight excluding hydrogens is 290 g/mol. The molecule has 0 radical (unpaired) electrons. The van der Waals surface area contributed by atoms with Crippen LogP contribution in [-0.2, 0) is 19.9 Å². The molecule has 1 unspecified atom stereocenters. The quantitative estimate of drug-likeness (QED) is 0.778. The molecule has 7 nitrogen and oxygen atoms in total. The average Bonchev–Trinajstić information content (AvgIpc) is 2.52. The molecular formula is C10H15N3O4S2. The van der Waals surface area contributed by atoms with Gasteiger partial charge in [0.1, 0.15) is 0 Å². The summed E-state index contributed by atoms with van der Waals surface area (Å²) in [5.41, 5.74) is 4.59. The second-order valence-corrected chi connectivity index (χ2v) is 8.69. The molecule has 9 heteroatoms. The van der Waals surface area contributed by atoms with Crippen LogP contribution in [0.1, 0.15) is 13.3 Å². The third kappa shape index (κ3) is 3.04.